The number of H-pyrrole nitrogens is 1. The fraction of sp³-hybridized carbons (Fsp3) is 0. The van der Waals surface area contributed by atoms with Crippen LogP contribution in [0.5, 0.6) is 0 Å². The Bertz CT molecular complexity index is 444. The Morgan fingerprint density at radius 2 is 2.45 bits per heavy atom. The number of hydrogen-bond donors (Lipinski definition) is 1. The molecule has 56 valence electrons. The maximum atomic E-state index is 12.5. The summed E-state index contributed by atoms with van der Waals surface area (Å²) in [5.74, 6) is -0.464. The van der Waals surface area contributed by atoms with Gasteiger partial charge in [0.2, 0.25) is 0 Å². The molecule has 0 aliphatic rings. The van der Waals surface area contributed by atoms with Crippen LogP contribution in [-0.4, -0.2) is 14.6 Å². The smallest absolute Gasteiger partial charge is 0.275 e. The Morgan fingerprint density at radius 3 is 3.18 bits per heavy atom. The van der Waals surface area contributed by atoms with Crippen LogP contribution in [0.15, 0.2) is 23.4 Å². The Hall–Kier alpha value is -1.65. The topological polar surface area (TPSA) is 50.2 Å². The SMILES string of the molecule is O=c1[nH]cnn2cc(F)cc12. The minimum absolute atomic E-state index is 0.213. The Labute approximate surface area is 60.3 Å². The summed E-state index contributed by atoms with van der Waals surface area (Å²) < 4.78 is 13.7. The number of nitrogens with zero attached hydrogens (tertiary/aromatic N) is 2. The van der Waals surface area contributed by atoms with Crippen LogP contribution in [0.3, 0.4) is 0 Å². The average molecular weight is 153 g/mol. The summed E-state index contributed by atoms with van der Waals surface area (Å²) in [4.78, 5) is 13.2. The molecule has 0 spiro atoms. The number of aromatic nitrogens is 3. The summed E-state index contributed by atoms with van der Waals surface area (Å²) in [7, 11) is 0. The molecule has 0 saturated carbocycles. The Morgan fingerprint density at radius 1 is 1.64 bits per heavy atom. The fourth-order valence-corrected chi connectivity index (χ4v) is 0.909. The molecule has 0 unspecified atom stereocenters. The van der Waals surface area contributed by atoms with E-state index in [2.05, 4.69) is 10.1 Å². The van der Waals surface area contributed by atoms with Gasteiger partial charge in [-0.25, -0.2) is 8.91 Å². The van der Waals surface area contributed by atoms with Gasteiger partial charge >= 0.3 is 0 Å². The highest BCUT2D eigenvalue weighted by Gasteiger charge is 2.00. The Balaban J connectivity index is 3.02. The van der Waals surface area contributed by atoms with Crippen molar-refractivity contribution < 1.29 is 4.39 Å². The van der Waals surface area contributed by atoms with Crippen molar-refractivity contribution in [2.24, 2.45) is 0 Å². The highest BCUT2D eigenvalue weighted by molar-refractivity contribution is 5.43. The first-order valence-corrected chi connectivity index (χ1v) is 2.99. The molecule has 2 aromatic rings. The fourth-order valence-electron chi connectivity index (χ4n) is 0.909. The number of rotatable bonds is 0. The van der Waals surface area contributed by atoms with Crippen molar-refractivity contribution in [1.29, 1.82) is 0 Å². The summed E-state index contributed by atoms with van der Waals surface area (Å²) in [6, 6.07) is 1.13. The molecule has 1 N–H and O–H groups in total. The second kappa shape index (κ2) is 1.91. The molecule has 0 radical (unpaired) electrons. The van der Waals surface area contributed by atoms with Gasteiger partial charge in [0.15, 0.2) is 0 Å². The van der Waals surface area contributed by atoms with Crippen molar-refractivity contribution in [3.8, 4) is 0 Å². The number of fused-ring (bicyclic) bond motifs is 1. The molecule has 11 heavy (non-hydrogen) atoms. The maximum Gasteiger partial charge on any atom is 0.275 e. The largest absolute Gasteiger partial charge is 0.310 e. The van der Waals surface area contributed by atoms with Gasteiger partial charge in [0, 0.05) is 6.07 Å². The van der Waals surface area contributed by atoms with E-state index in [4.69, 9.17) is 0 Å². The van der Waals surface area contributed by atoms with Crippen LogP contribution in [0.1, 0.15) is 0 Å². The van der Waals surface area contributed by atoms with Crippen molar-refractivity contribution in [3.05, 3.63) is 34.8 Å². The minimum Gasteiger partial charge on any atom is -0.310 e. The van der Waals surface area contributed by atoms with Crippen molar-refractivity contribution in [1.82, 2.24) is 14.6 Å². The Kier molecular flexibility index (Phi) is 1.06. The van der Waals surface area contributed by atoms with E-state index < -0.39 is 5.82 Å². The van der Waals surface area contributed by atoms with E-state index in [1.54, 1.807) is 0 Å². The van der Waals surface area contributed by atoms with Crippen LogP contribution >= 0.6 is 0 Å². The molecule has 0 aliphatic carbocycles. The van der Waals surface area contributed by atoms with Crippen LogP contribution < -0.4 is 5.56 Å². The molecule has 0 amide bonds. The molecule has 2 aromatic heterocycles. The standard InChI is InChI=1S/C6H4FN3O/c7-4-1-5-6(11)8-3-9-10(5)2-4/h1-3H,(H,8,9,11). The van der Waals surface area contributed by atoms with Crippen LogP contribution in [-0.2, 0) is 0 Å². The first kappa shape index (κ1) is 6.09. The highest BCUT2D eigenvalue weighted by atomic mass is 19.1. The molecule has 2 heterocycles. The molecule has 2 rings (SSSR count). The van der Waals surface area contributed by atoms with E-state index in [0.29, 0.717) is 0 Å². The third-order valence-electron chi connectivity index (χ3n) is 1.38. The number of nitrogens with one attached hydrogen (secondary N) is 1. The van der Waals surface area contributed by atoms with Gasteiger partial charge in [-0.15, -0.1) is 0 Å². The van der Waals surface area contributed by atoms with E-state index in [0.717, 1.165) is 12.3 Å². The number of halogens is 1. The van der Waals surface area contributed by atoms with Crippen LogP contribution in [0.2, 0.25) is 0 Å². The molecular formula is C6H4FN3O. The number of aromatic amines is 1. The quantitative estimate of drug-likeness (QED) is 0.586. The van der Waals surface area contributed by atoms with Gasteiger partial charge in [-0.1, -0.05) is 0 Å². The van der Waals surface area contributed by atoms with Gasteiger partial charge in [-0.3, -0.25) is 4.79 Å². The molecule has 0 aromatic carbocycles. The summed E-state index contributed by atoms with van der Waals surface area (Å²) in [5.41, 5.74) is -0.131. The molecule has 0 fully saturated rings. The average Bonchev–Trinajstić information content (AvgIpc) is 2.31. The molecule has 4 nitrogen and oxygen atoms in total. The first-order valence-electron chi connectivity index (χ1n) is 2.99. The second-order valence-electron chi connectivity index (χ2n) is 2.11. The summed E-state index contributed by atoms with van der Waals surface area (Å²) in [6.45, 7) is 0. The molecule has 0 saturated heterocycles. The normalized spacial score (nSPS) is 10.6. The van der Waals surface area contributed by atoms with E-state index in [9.17, 15) is 9.18 Å². The van der Waals surface area contributed by atoms with Crippen LogP contribution in [0, 0.1) is 5.82 Å². The molecule has 5 heteroatoms. The van der Waals surface area contributed by atoms with Crippen molar-refractivity contribution >= 4 is 5.52 Å². The summed E-state index contributed by atoms with van der Waals surface area (Å²) >= 11 is 0. The van der Waals surface area contributed by atoms with E-state index in [1.165, 1.54) is 10.8 Å². The van der Waals surface area contributed by atoms with Gasteiger partial charge in [0.1, 0.15) is 17.7 Å². The predicted octanol–water partition coefficient (Wildman–Crippen LogP) is 0.162. The number of hydrogen-bond acceptors (Lipinski definition) is 2. The van der Waals surface area contributed by atoms with Gasteiger partial charge in [0.05, 0.1) is 6.20 Å². The van der Waals surface area contributed by atoms with Crippen molar-refractivity contribution in [2.75, 3.05) is 0 Å². The molecule has 0 aliphatic heterocycles. The minimum atomic E-state index is -0.464. The van der Waals surface area contributed by atoms with Gasteiger partial charge in [0.25, 0.3) is 5.56 Å². The monoisotopic (exact) mass is 153 g/mol. The zero-order valence-corrected chi connectivity index (χ0v) is 5.41. The van der Waals surface area contributed by atoms with Gasteiger partial charge < -0.3 is 4.98 Å². The predicted molar refractivity (Wildman–Crippen MR) is 35.8 cm³/mol. The van der Waals surface area contributed by atoms with E-state index in [1.807, 2.05) is 0 Å². The van der Waals surface area contributed by atoms with Gasteiger partial charge in [-0.05, 0) is 0 Å². The lowest BCUT2D eigenvalue weighted by Gasteiger charge is -1.87. The third kappa shape index (κ3) is 0.813. The van der Waals surface area contributed by atoms with Crippen molar-refractivity contribution in [2.45, 2.75) is 0 Å². The van der Waals surface area contributed by atoms with Crippen LogP contribution in [0.25, 0.3) is 5.52 Å². The highest BCUT2D eigenvalue weighted by Crippen LogP contribution is 1.99. The van der Waals surface area contributed by atoms with Crippen LogP contribution in [0.4, 0.5) is 4.39 Å². The molecule has 0 bridgehead atoms. The zero-order valence-electron chi connectivity index (χ0n) is 5.41. The summed E-state index contributed by atoms with van der Waals surface area (Å²) in [6.07, 6.45) is 2.36. The second-order valence-corrected chi connectivity index (χ2v) is 2.11. The maximum absolute atomic E-state index is 12.5. The lowest BCUT2D eigenvalue weighted by molar-refractivity contribution is 0.625. The van der Waals surface area contributed by atoms with E-state index in [-0.39, 0.29) is 11.1 Å². The van der Waals surface area contributed by atoms with Crippen molar-refractivity contribution in [3.63, 3.8) is 0 Å². The summed E-state index contributed by atoms with van der Waals surface area (Å²) in [5, 5.41) is 3.68. The zero-order chi connectivity index (χ0) is 7.84. The van der Waals surface area contributed by atoms with E-state index >= 15 is 0 Å². The lowest BCUT2D eigenvalue weighted by Crippen LogP contribution is -2.09. The molecule has 0 atom stereocenters. The lowest BCUT2D eigenvalue weighted by atomic mass is 10.5. The molecular weight excluding hydrogens is 149 g/mol. The third-order valence-corrected chi connectivity index (χ3v) is 1.38. The van der Waals surface area contributed by atoms with Gasteiger partial charge in [-0.2, -0.15) is 5.10 Å². The first-order chi connectivity index (χ1) is 5.27.